The summed E-state index contributed by atoms with van der Waals surface area (Å²) in [7, 11) is 0.123. The Hall–Kier alpha value is -5.03. The standard InChI is InChI=1S/C37H43N3O7S/c1-5-6-22-38-37(42)34(24-28-14-9-7-10-15-28)39(26-29-16-13-17-30(23-29)45-2)36(41)27-40(48(43,44)32-18-11-8-12-19-32)33-25-31(46-3)20-21-35(33)47-4/h7-21,23,25,34H,5-6,22,24,26-27H2,1-4H3,(H,38,42)/t34-/m0/s1. The van der Waals surface area contributed by atoms with Crippen molar-refractivity contribution in [2.75, 3.05) is 38.7 Å². The number of amides is 2. The quantitative estimate of drug-likeness (QED) is 0.148. The molecule has 0 aliphatic rings. The van der Waals surface area contributed by atoms with Crippen LogP contribution in [0, 0.1) is 0 Å². The predicted octanol–water partition coefficient (Wildman–Crippen LogP) is 5.46. The normalized spacial score (nSPS) is 11.7. The first-order valence-electron chi connectivity index (χ1n) is 15.8. The van der Waals surface area contributed by atoms with E-state index in [1.54, 1.807) is 55.6 Å². The van der Waals surface area contributed by atoms with E-state index in [4.69, 9.17) is 14.2 Å². The van der Waals surface area contributed by atoms with Crippen molar-refractivity contribution in [2.24, 2.45) is 0 Å². The number of sulfonamides is 1. The molecule has 1 atom stereocenters. The Morgan fingerprint density at radius 3 is 2.06 bits per heavy atom. The largest absolute Gasteiger partial charge is 0.497 e. The number of methoxy groups -OCH3 is 3. The Morgan fingerprint density at radius 1 is 0.771 bits per heavy atom. The number of ether oxygens (including phenoxy) is 3. The molecule has 1 N–H and O–H groups in total. The van der Waals surface area contributed by atoms with Crippen LogP contribution in [0.25, 0.3) is 0 Å². The highest BCUT2D eigenvalue weighted by molar-refractivity contribution is 7.92. The van der Waals surface area contributed by atoms with Crippen LogP contribution in [0.2, 0.25) is 0 Å². The zero-order valence-corrected chi connectivity index (χ0v) is 28.6. The lowest BCUT2D eigenvalue weighted by atomic mass is 10.0. The summed E-state index contributed by atoms with van der Waals surface area (Å²) in [4.78, 5) is 30.1. The molecule has 0 aliphatic carbocycles. The van der Waals surface area contributed by atoms with E-state index in [1.165, 1.54) is 37.3 Å². The highest BCUT2D eigenvalue weighted by Gasteiger charge is 2.35. The van der Waals surface area contributed by atoms with Crippen molar-refractivity contribution >= 4 is 27.5 Å². The fourth-order valence-corrected chi connectivity index (χ4v) is 6.69. The van der Waals surface area contributed by atoms with Crippen molar-refractivity contribution in [3.8, 4) is 17.2 Å². The number of unbranched alkanes of at least 4 members (excludes halogenated alkanes) is 1. The van der Waals surface area contributed by atoms with Gasteiger partial charge in [-0.25, -0.2) is 8.42 Å². The molecule has 0 aromatic heterocycles. The summed E-state index contributed by atoms with van der Waals surface area (Å²) in [6.07, 6.45) is 1.86. The van der Waals surface area contributed by atoms with Crippen LogP contribution in [0.4, 0.5) is 5.69 Å². The Morgan fingerprint density at radius 2 is 1.42 bits per heavy atom. The number of hydrogen-bond donors (Lipinski definition) is 1. The average molecular weight is 674 g/mol. The molecule has 4 aromatic carbocycles. The van der Waals surface area contributed by atoms with Crippen LogP contribution >= 0.6 is 0 Å². The van der Waals surface area contributed by atoms with Crippen molar-refractivity contribution < 1.29 is 32.2 Å². The number of nitrogens with zero attached hydrogens (tertiary/aromatic N) is 2. The van der Waals surface area contributed by atoms with Crippen molar-refractivity contribution in [1.29, 1.82) is 0 Å². The molecule has 0 saturated carbocycles. The molecule has 0 radical (unpaired) electrons. The van der Waals surface area contributed by atoms with Crippen molar-refractivity contribution in [3.63, 3.8) is 0 Å². The van der Waals surface area contributed by atoms with Crippen LogP contribution in [0.3, 0.4) is 0 Å². The van der Waals surface area contributed by atoms with Gasteiger partial charge in [0.25, 0.3) is 10.0 Å². The first kappa shape index (κ1) is 35.8. The fraction of sp³-hybridized carbons (Fsp3) is 0.297. The number of benzene rings is 4. The number of carbonyl (C=O) groups is 2. The van der Waals surface area contributed by atoms with Gasteiger partial charge in [-0.1, -0.05) is 74.0 Å². The molecule has 0 fully saturated rings. The highest BCUT2D eigenvalue weighted by atomic mass is 32.2. The van der Waals surface area contributed by atoms with Crippen LogP contribution in [0.5, 0.6) is 17.2 Å². The number of nitrogens with one attached hydrogen (secondary N) is 1. The molecule has 10 nitrogen and oxygen atoms in total. The molecular weight excluding hydrogens is 630 g/mol. The number of anilines is 1. The summed E-state index contributed by atoms with van der Waals surface area (Å²) in [5, 5.41) is 3.00. The Labute approximate surface area is 283 Å². The van der Waals surface area contributed by atoms with Crippen molar-refractivity contribution in [2.45, 2.75) is 43.7 Å². The minimum absolute atomic E-state index is 0.0137. The topological polar surface area (TPSA) is 114 Å². The van der Waals surface area contributed by atoms with E-state index < -0.39 is 28.5 Å². The van der Waals surface area contributed by atoms with Crippen LogP contribution in [0.15, 0.2) is 108 Å². The van der Waals surface area contributed by atoms with Gasteiger partial charge in [0, 0.05) is 25.6 Å². The zero-order chi connectivity index (χ0) is 34.5. The van der Waals surface area contributed by atoms with E-state index in [9.17, 15) is 18.0 Å². The van der Waals surface area contributed by atoms with Gasteiger partial charge in [-0.2, -0.15) is 0 Å². The Kier molecular flexibility index (Phi) is 12.8. The van der Waals surface area contributed by atoms with E-state index in [0.717, 1.165) is 22.7 Å². The van der Waals surface area contributed by atoms with Crippen molar-refractivity contribution in [1.82, 2.24) is 10.2 Å². The van der Waals surface area contributed by atoms with E-state index >= 15 is 0 Å². The maximum atomic E-state index is 14.7. The number of carbonyl (C=O) groups excluding carboxylic acids is 2. The summed E-state index contributed by atoms with van der Waals surface area (Å²) in [5.74, 6) is 0.257. The van der Waals surface area contributed by atoms with Gasteiger partial charge >= 0.3 is 0 Å². The first-order chi connectivity index (χ1) is 23.2. The molecule has 0 bridgehead atoms. The zero-order valence-electron chi connectivity index (χ0n) is 27.8. The van der Waals surface area contributed by atoms with Gasteiger partial charge in [0.1, 0.15) is 29.8 Å². The minimum Gasteiger partial charge on any atom is -0.497 e. The summed E-state index contributed by atoms with van der Waals surface area (Å²) in [6.45, 7) is 1.86. The monoisotopic (exact) mass is 673 g/mol. The second-order valence-corrected chi connectivity index (χ2v) is 12.9. The van der Waals surface area contributed by atoms with Gasteiger partial charge in [0.05, 0.1) is 31.9 Å². The maximum absolute atomic E-state index is 14.7. The lowest BCUT2D eigenvalue weighted by molar-refractivity contribution is -0.140. The van der Waals surface area contributed by atoms with Crippen LogP contribution < -0.4 is 23.8 Å². The smallest absolute Gasteiger partial charge is 0.264 e. The molecule has 0 unspecified atom stereocenters. The second-order valence-electron chi connectivity index (χ2n) is 11.1. The molecule has 11 heteroatoms. The van der Waals surface area contributed by atoms with E-state index in [0.29, 0.717) is 23.6 Å². The SMILES string of the molecule is CCCCNC(=O)[C@H](Cc1ccccc1)N(Cc1cccc(OC)c1)C(=O)CN(c1cc(OC)ccc1OC)S(=O)(=O)c1ccccc1. The van der Waals surface area contributed by atoms with Crippen LogP contribution in [-0.2, 0) is 32.6 Å². The summed E-state index contributed by atoms with van der Waals surface area (Å²) in [6, 6.07) is 28.3. The van der Waals surface area contributed by atoms with E-state index in [2.05, 4.69) is 5.32 Å². The third kappa shape index (κ3) is 9.07. The van der Waals surface area contributed by atoms with Gasteiger partial charge in [0.15, 0.2) is 0 Å². The molecule has 0 aliphatic heterocycles. The minimum atomic E-state index is -4.32. The first-order valence-corrected chi connectivity index (χ1v) is 17.2. The third-order valence-electron chi connectivity index (χ3n) is 7.85. The molecule has 4 aromatic rings. The third-order valence-corrected chi connectivity index (χ3v) is 9.63. The molecule has 0 saturated heterocycles. The number of rotatable bonds is 17. The Bertz CT molecular complexity index is 1750. The van der Waals surface area contributed by atoms with Crippen LogP contribution in [-0.4, -0.2) is 65.6 Å². The Balaban J connectivity index is 1.85. The number of hydrogen-bond acceptors (Lipinski definition) is 7. The molecule has 2 amide bonds. The van der Waals surface area contributed by atoms with Gasteiger partial charge in [-0.05, 0) is 53.9 Å². The second kappa shape index (κ2) is 17.2. The van der Waals surface area contributed by atoms with E-state index in [-0.39, 0.29) is 35.2 Å². The highest BCUT2D eigenvalue weighted by Crippen LogP contribution is 2.36. The lowest BCUT2D eigenvalue weighted by Crippen LogP contribution is -2.53. The fourth-order valence-electron chi connectivity index (χ4n) is 5.25. The van der Waals surface area contributed by atoms with Gasteiger partial charge in [-0.3, -0.25) is 13.9 Å². The van der Waals surface area contributed by atoms with Gasteiger partial charge in [0.2, 0.25) is 11.8 Å². The summed E-state index contributed by atoms with van der Waals surface area (Å²) >= 11 is 0. The van der Waals surface area contributed by atoms with Crippen molar-refractivity contribution in [3.05, 3.63) is 114 Å². The summed E-state index contributed by atoms with van der Waals surface area (Å²) < 4.78 is 46.1. The maximum Gasteiger partial charge on any atom is 0.264 e. The lowest BCUT2D eigenvalue weighted by Gasteiger charge is -2.34. The molecule has 0 heterocycles. The molecule has 254 valence electrons. The molecule has 4 rings (SSSR count). The van der Waals surface area contributed by atoms with Gasteiger partial charge < -0.3 is 24.4 Å². The van der Waals surface area contributed by atoms with Gasteiger partial charge in [-0.15, -0.1) is 0 Å². The average Bonchev–Trinajstić information content (AvgIpc) is 3.12. The van der Waals surface area contributed by atoms with Crippen LogP contribution in [0.1, 0.15) is 30.9 Å². The van der Waals surface area contributed by atoms with E-state index in [1.807, 2.05) is 43.3 Å². The molecular formula is C37H43N3O7S. The predicted molar refractivity (Wildman–Crippen MR) is 186 cm³/mol. The molecule has 0 spiro atoms. The molecule has 48 heavy (non-hydrogen) atoms. The summed E-state index contributed by atoms with van der Waals surface area (Å²) in [5.41, 5.74) is 1.67.